The summed E-state index contributed by atoms with van der Waals surface area (Å²) in [6, 6.07) is 4.52. The minimum absolute atomic E-state index is 0.0264. The number of hydrogen-bond acceptors (Lipinski definition) is 4. The van der Waals surface area contributed by atoms with Gasteiger partial charge in [-0.05, 0) is 18.2 Å². The van der Waals surface area contributed by atoms with E-state index < -0.39 is 11.8 Å². The van der Waals surface area contributed by atoms with Crippen molar-refractivity contribution in [3.05, 3.63) is 52.0 Å². The van der Waals surface area contributed by atoms with Gasteiger partial charge in [0.05, 0.1) is 10.7 Å². The Morgan fingerprint density at radius 3 is 2.05 bits per heavy atom. The molecule has 0 N–H and O–H groups in total. The number of carbonyl (C=O) groups excluding carboxylic acids is 2. The van der Waals surface area contributed by atoms with Crippen molar-refractivity contribution in [3.8, 4) is 0 Å². The summed E-state index contributed by atoms with van der Waals surface area (Å²) in [5.74, 6) is -1.09. The lowest BCUT2D eigenvalue weighted by Gasteiger charge is -2.14. The van der Waals surface area contributed by atoms with Gasteiger partial charge in [0.2, 0.25) is 0 Å². The minimum atomic E-state index is -0.544. The van der Waals surface area contributed by atoms with Crippen molar-refractivity contribution in [1.82, 2.24) is 9.97 Å². The van der Waals surface area contributed by atoms with Crippen LogP contribution in [-0.2, 0) is 0 Å². The van der Waals surface area contributed by atoms with Crippen molar-refractivity contribution in [1.29, 1.82) is 0 Å². The van der Waals surface area contributed by atoms with Crippen molar-refractivity contribution >= 4 is 40.7 Å². The molecule has 1 aliphatic rings. The first kappa shape index (κ1) is 12.1. The van der Waals surface area contributed by atoms with Crippen molar-refractivity contribution in [3.63, 3.8) is 0 Å². The van der Waals surface area contributed by atoms with Gasteiger partial charge in [0.15, 0.2) is 11.4 Å². The number of aromatic nitrogens is 2. The van der Waals surface area contributed by atoms with Gasteiger partial charge in [-0.2, -0.15) is 0 Å². The van der Waals surface area contributed by atoms with Crippen LogP contribution in [0.5, 0.6) is 0 Å². The molecule has 94 valence electrons. The van der Waals surface area contributed by atoms with Crippen LogP contribution in [0, 0.1) is 0 Å². The highest BCUT2D eigenvalue weighted by Crippen LogP contribution is 2.33. The van der Waals surface area contributed by atoms with E-state index in [1.54, 1.807) is 6.07 Å². The first-order valence-corrected chi connectivity index (χ1v) is 6.00. The van der Waals surface area contributed by atoms with Crippen molar-refractivity contribution in [2.45, 2.75) is 0 Å². The monoisotopic (exact) mass is 293 g/mol. The molecule has 5 nitrogen and oxygen atoms in total. The second-order valence-electron chi connectivity index (χ2n) is 3.80. The van der Waals surface area contributed by atoms with Crippen LogP contribution in [0.15, 0.2) is 30.6 Å². The fraction of sp³-hybridized carbons (Fsp3) is 0. The Balaban J connectivity index is 2.14. The van der Waals surface area contributed by atoms with Gasteiger partial charge < -0.3 is 0 Å². The lowest BCUT2D eigenvalue weighted by Crippen LogP contribution is -2.29. The summed E-state index contributed by atoms with van der Waals surface area (Å²) in [6.07, 6.45) is 2.72. The second kappa shape index (κ2) is 4.29. The van der Waals surface area contributed by atoms with Gasteiger partial charge in [-0.3, -0.25) is 9.59 Å². The van der Waals surface area contributed by atoms with Crippen molar-refractivity contribution in [2.75, 3.05) is 4.90 Å². The molecule has 1 aromatic carbocycles. The van der Waals surface area contributed by atoms with Crippen molar-refractivity contribution in [2.24, 2.45) is 0 Å². The van der Waals surface area contributed by atoms with E-state index in [0.717, 1.165) is 4.90 Å². The molecule has 0 fully saturated rings. The van der Waals surface area contributed by atoms with Gasteiger partial charge in [0, 0.05) is 17.4 Å². The molecular formula is C12H5Cl2N3O2. The normalized spacial score (nSPS) is 13.9. The van der Waals surface area contributed by atoms with Gasteiger partial charge in [-0.1, -0.05) is 23.2 Å². The van der Waals surface area contributed by atoms with E-state index in [2.05, 4.69) is 9.97 Å². The summed E-state index contributed by atoms with van der Waals surface area (Å²) in [5.41, 5.74) is 0.318. The zero-order valence-electron chi connectivity index (χ0n) is 9.30. The average Bonchev–Trinajstić information content (AvgIpc) is 2.64. The molecule has 0 saturated carbocycles. The lowest BCUT2D eigenvalue weighted by molar-refractivity contribution is 0.0923. The Hall–Kier alpha value is -1.98. The summed E-state index contributed by atoms with van der Waals surface area (Å²) in [7, 11) is 0. The molecule has 2 heterocycles. The van der Waals surface area contributed by atoms with Crippen LogP contribution in [0.4, 0.5) is 5.69 Å². The number of imide groups is 1. The molecule has 7 heteroatoms. The molecule has 1 aromatic heterocycles. The molecule has 0 unspecified atom stereocenters. The number of nitrogens with zero attached hydrogens (tertiary/aromatic N) is 3. The molecular weight excluding hydrogens is 289 g/mol. The van der Waals surface area contributed by atoms with E-state index in [-0.39, 0.29) is 22.1 Å². The van der Waals surface area contributed by atoms with Gasteiger partial charge in [0.1, 0.15) is 0 Å². The third-order valence-corrected chi connectivity index (χ3v) is 3.20. The van der Waals surface area contributed by atoms with E-state index in [1.807, 2.05) is 0 Å². The number of rotatable bonds is 1. The number of amides is 2. The SMILES string of the molecule is O=C1c2nccnc2C(=O)N1c1ccc(Cl)cc1Cl. The molecule has 2 aromatic rings. The molecule has 0 aliphatic carbocycles. The largest absolute Gasteiger partial charge is 0.286 e. The Morgan fingerprint density at radius 1 is 0.947 bits per heavy atom. The fourth-order valence-electron chi connectivity index (χ4n) is 1.84. The van der Waals surface area contributed by atoms with E-state index in [4.69, 9.17) is 23.2 Å². The van der Waals surface area contributed by atoms with Crippen LogP contribution in [0.1, 0.15) is 21.0 Å². The summed E-state index contributed by atoms with van der Waals surface area (Å²) >= 11 is 11.8. The first-order valence-electron chi connectivity index (χ1n) is 5.24. The predicted molar refractivity (Wildman–Crippen MR) is 69.6 cm³/mol. The molecule has 19 heavy (non-hydrogen) atoms. The van der Waals surface area contributed by atoms with E-state index >= 15 is 0 Å². The molecule has 0 atom stereocenters. The molecule has 1 aliphatic heterocycles. The predicted octanol–water partition coefficient (Wildman–Crippen LogP) is 2.58. The summed E-state index contributed by atoms with van der Waals surface area (Å²) < 4.78 is 0. The van der Waals surface area contributed by atoms with Crippen LogP contribution in [0.3, 0.4) is 0 Å². The second-order valence-corrected chi connectivity index (χ2v) is 4.64. The first-order chi connectivity index (χ1) is 9.09. The molecule has 3 rings (SSSR count). The van der Waals surface area contributed by atoms with Gasteiger partial charge >= 0.3 is 0 Å². The maximum Gasteiger partial charge on any atom is 0.286 e. The third-order valence-electron chi connectivity index (χ3n) is 2.66. The van der Waals surface area contributed by atoms with Gasteiger partial charge in [0.25, 0.3) is 11.8 Å². The fourth-order valence-corrected chi connectivity index (χ4v) is 2.33. The number of benzene rings is 1. The zero-order valence-corrected chi connectivity index (χ0v) is 10.8. The number of hydrogen-bond donors (Lipinski definition) is 0. The van der Waals surface area contributed by atoms with E-state index in [0.29, 0.717) is 5.02 Å². The number of halogens is 2. The third kappa shape index (κ3) is 1.78. The maximum absolute atomic E-state index is 12.2. The summed E-state index contributed by atoms with van der Waals surface area (Å²) in [4.78, 5) is 33.0. The topological polar surface area (TPSA) is 63.2 Å². The maximum atomic E-state index is 12.2. The van der Waals surface area contributed by atoms with Crippen molar-refractivity contribution < 1.29 is 9.59 Å². The van der Waals surface area contributed by atoms with Crippen LogP contribution in [-0.4, -0.2) is 21.8 Å². The lowest BCUT2D eigenvalue weighted by atomic mass is 10.3. The average molecular weight is 294 g/mol. The molecule has 2 amide bonds. The van der Waals surface area contributed by atoms with Gasteiger partial charge in [-0.15, -0.1) is 0 Å². The van der Waals surface area contributed by atoms with E-state index in [9.17, 15) is 9.59 Å². The van der Waals surface area contributed by atoms with Crippen LogP contribution in [0.2, 0.25) is 10.0 Å². The highest BCUT2D eigenvalue weighted by Gasteiger charge is 2.40. The Morgan fingerprint density at radius 2 is 1.53 bits per heavy atom. The molecule has 0 saturated heterocycles. The summed E-state index contributed by atoms with van der Waals surface area (Å²) in [6.45, 7) is 0. The Bertz CT molecular complexity index is 683. The quantitative estimate of drug-likeness (QED) is 0.758. The number of fused-ring (bicyclic) bond motifs is 1. The Labute approximate surface area is 117 Å². The molecule has 0 bridgehead atoms. The van der Waals surface area contributed by atoms with Gasteiger partial charge in [-0.25, -0.2) is 14.9 Å². The van der Waals surface area contributed by atoms with Crippen LogP contribution >= 0.6 is 23.2 Å². The highest BCUT2D eigenvalue weighted by atomic mass is 35.5. The van der Waals surface area contributed by atoms with E-state index in [1.165, 1.54) is 24.5 Å². The highest BCUT2D eigenvalue weighted by molar-refractivity contribution is 6.40. The standard InChI is InChI=1S/C12H5Cl2N3O2/c13-6-1-2-8(7(14)5-6)17-11(18)9-10(12(17)19)16-4-3-15-9/h1-5H. The van der Waals surface area contributed by atoms with Crippen LogP contribution < -0.4 is 4.90 Å². The Kier molecular flexibility index (Phi) is 2.73. The summed E-state index contributed by atoms with van der Waals surface area (Å²) in [5, 5.41) is 0.628. The van der Waals surface area contributed by atoms with Crippen LogP contribution in [0.25, 0.3) is 0 Å². The number of carbonyl (C=O) groups is 2. The molecule has 0 radical (unpaired) electrons. The number of anilines is 1. The molecule has 0 spiro atoms. The smallest absolute Gasteiger partial charge is 0.266 e. The minimum Gasteiger partial charge on any atom is -0.266 e. The zero-order chi connectivity index (χ0) is 13.6.